The fraction of sp³-hybridized carbons (Fsp3) is 0.765. The first-order chi connectivity index (χ1) is 12.4. The van der Waals surface area contributed by atoms with Crippen molar-refractivity contribution in [3.8, 4) is 0 Å². The van der Waals surface area contributed by atoms with Crippen molar-refractivity contribution >= 4 is 34.5 Å². The van der Waals surface area contributed by atoms with Gasteiger partial charge in [0.1, 0.15) is 11.6 Å². The molecule has 2 atom stereocenters. The summed E-state index contributed by atoms with van der Waals surface area (Å²) in [5.74, 6) is -1.79. The maximum atomic E-state index is 12.6. The Kier molecular flexibility index (Phi) is 7.67. The molecule has 1 heterocycles. The van der Waals surface area contributed by atoms with Crippen molar-refractivity contribution < 1.29 is 31.7 Å². The van der Waals surface area contributed by atoms with Gasteiger partial charge in [0.2, 0.25) is 5.91 Å². The highest BCUT2D eigenvalue weighted by atomic mass is 32.2. The normalized spacial score (nSPS) is 19.9. The molecule has 0 radical (unpaired) electrons. The summed E-state index contributed by atoms with van der Waals surface area (Å²) >= 11 is 0. The zero-order valence-electron chi connectivity index (χ0n) is 16.2. The Hall–Kier alpha value is -1.81. The summed E-state index contributed by atoms with van der Waals surface area (Å²) < 4.78 is 33.1. The topological polar surface area (TPSA) is 128 Å². The number of amides is 1. The van der Waals surface area contributed by atoms with E-state index in [9.17, 15) is 22.8 Å². The first-order valence-corrected chi connectivity index (χ1v) is 10.2. The van der Waals surface area contributed by atoms with Crippen molar-refractivity contribution in [1.29, 1.82) is 0 Å². The lowest BCUT2D eigenvalue weighted by Gasteiger charge is -2.32. The van der Waals surface area contributed by atoms with Crippen LogP contribution in [0.4, 0.5) is 0 Å². The van der Waals surface area contributed by atoms with Crippen LogP contribution in [0.25, 0.3) is 0 Å². The molecule has 1 aliphatic heterocycles. The Bertz CT molecular complexity index is 702. The zero-order chi connectivity index (χ0) is 20.9. The Balaban J connectivity index is 2.83. The summed E-state index contributed by atoms with van der Waals surface area (Å²) in [4.78, 5) is 39.9. The van der Waals surface area contributed by atoms with Crippen molar-refractivity contribution in [3.63, 3.8) is 0 Å². The number of hydrogen-bond donors (Lipinski definition) is 1. The molecule has 1 fully saturated rings. The van der Waals surface area contributed by atoms with Gasteiger partial charge in [0, 0.05) is 12.8 Å². The molecule has 0 aromatic carbocycles. The van der Waals surface area contributed by atoms with E-state index in [0.29, 0.717) is 12.8 Å². The molecule has 9 nitrogen and oxygen atoms in total. The molecule has 2 unspecified atom stereocenters. The van der Waals surface area contributed by atoms with Gasteiger partial charge in [-0.2, -0.15) is 8.42 Å². The quantitative estimate of drug-likeness (QED) is 0.233. The minimum absolute atomic E-state index is 0.0395. The number of rotatable bonds is 11. The Morgan fingerprint density at radius 1 is 1.37 bits per heavy atom. The van der Waals surface area contributed by atoms with E-state index in [4.69, 9.17) is 8.92 Å². The highest BCUT2D eigenvalue weighted by Gasteiger charge is 2.45. The summed E-state index contributed by atoms with van der Waals surface area (Å²) in [6, 6.07) is -0.771. The van der Waals surface area contributed by atoms with Gasteiger partial charge in [-0.25, -0.2) is 4.79 Å². The van der Waals surface area contributed by atoms with Gasteiger partial charge in [-0.15, -0.1) is 0 Å². The second-order valence-corrected chi connectivity index (χ2v) is 9.57. The minimum atomic E-state index is -3.95. The Labute approximate surface area is 160 Å². The molecule has 27 heavy (non-hydrogen) atoms. The lowest BCUT2D eigenvalue weighted by molar-refractivity contribution is -0.142. The third-order valence-corrected chi connectivity index (χ3v) is 6.41. The van der Waals surface area contributed by atoms with Crippen molar-refractivity contribution in [2.45, 2.75) is 69.7 Å². The second kappa shape index (κ2) is 8.92. The lowest BCUT2D eigenvalue weighted by Crippen LogP contribution is -2.47. The number of ketones is 1. The molecule has 10 heteroatoms. The molecule has 0 spiro atoms. The molecule has 1 rings (SSSR count). The third-order valence-electron chi connectivity index (χ3n) is 4.43. The predicted molar refractivity (Wildman–Crippen MR) is 98.9 cm³/mol. The number of esters is 1. The van der Waals surface area contributed by atoms with Gasteiger partial charge in [-0.05, 0) is 33.9 Å². The summed E-state index contributed by atoms with van der Waals surface area (Å²) in [6.45, 7) is 9.72. The van der Waals surface area contributed by atoms with Crippen LogP contribution in [0.3, 0.4) is 0 Å². The van der Waals surface area contributed by atoms with Gasteiger partial charge in [0.05, 0.1) is 24.4 Å². The predicted octanol–water partition coefficient (Wildman–Crippen LogP) is 0.762. The first-order valence-electron chi connectivity index (χ1n) is 8.74. The van der Waals surface area contributed by atoms with Crippen molar-refractivity contribution in [1.82, 2.24) is 5.32 Å². The number of nitrogens with zero attached hydrogens (tertiary/aromatic N) is 1. The summed E-state index contributed by atoms with van der Waals surface area (Å²) in [5.41, 5.74) is -1.50. The maximum absolute atomic E-state index is 12.6. The monoisotopic (exact) mass is 404 g/mol. The fourth-order valence-corrected chi connectivity index (χ4v) is 3.88. The van der Waals surface area contributed by atoms with Gasteiger partial charge < -0.3 is 10.1 Å². The number of carbonyl (C=O) groups excluding carboxylic acids is 3. The average molecular weight is 404 g/mol. The maximum Gasteiger partial charge on any atom is 0.328 e. The molecule has 0 saturated carbocycles. The van der Waals surface area contributed by atoms with Crippen LogP contribution in [-0.2, 0) is 33.4 Å². The third kappa shape index (κ3) is 5.83. The van der Waals surface area contributed by atoms with E-state index in [1.165, 1.54) is 20.8 Å². The highest BCUT2D eigenvalue weighted by Crippen LogP contribution is 2.32. The number of carbonyl (C=O) groups is 3. The highest BCUT2D eigenvalue weighted by molar-refractivity contribution is 7.88. The number of nitrogens with one attached hydrogen (secondary N) is 1. The van der Waals surface area contributed by atoms with E-state index >= 15 is 0 Å². The molecule has 0 bridgehead atoms. The van der Waals surface area contributed by atoms with Crippen LogP contribution in [-0.4, -0.2) is 62.3 Å². The number of Topliss-reactive ketones (excluding diaryl/α,β-unsaturated/α-hetero) is 1. The average Bonchev–Trinajstić information content (AvgIpc) is 2.96. The Morgan fingerprint density at radius 3 is 2.48 bits per heavy atom. The van der Waals surface area contributed by atoms with Gasteiger partial charge in [0.15, 0.2) is 5.78 Å². The van der Waals surface area contributed by atoms with Crippen LogP contribution in [0, 0.1) is 0 Å². The van der Waals surface area contributed by atoms with Crippen molar-refractivity contribution in [3.05, 3.63) is 0 Å². The molecular formula is C17H28N2O7S. The first kappa shape index (κ1) is 23.2. The van der Waals surface area contributed by atoms with Crippen LogP contribution >= 0.6 is 0 Å². The molecule has 0 aromatic heterocycles. The molecule has 0 aliphatic carbocycles. The molecule has 1 amide bonds. The van der Waals surface area contributed by atoms with Crippen LogP contribution in [0.15, 0.2) is 4.99 Å². The van der Waals surface area contributed by atoms with Gasteiger partial charge >= 0.3 is 5.97 Å². The van der Waals surface area contributed by atoms with Gasteiger partial charge in [0.25, 0.3) is 10.1 Å². The minimum Gasteiger partial charge on any atom is -0.464 e. The van der Waals surface area contributed by atoms with E-state index in [-0.39, 0.29) is 19.6 Å². The van der Waals surface area contributed by atoms with E-state index in [1.807, 2.05) is 0 Å². The zero-order valence-corrected chi connectivity index (χ0v) is 17.1. The Morgan fingerprint density at radius 2 is 2.00 bits per heavy atom. The number of aliphatic imine (C=N–C) groups is 1. The van der Waals surface area contributed by atoms with Gasteiger partial charge in [-0.3, -0.25) is 18.8 Å². The summed E-state index contributed by atoms with van der Waals surface area (Å²) in [7, 11) is -3.95. The standard InChI is InChI=1S/C17H28N2O7S/c1-6-8-26-27(23,24)16(2,3)11-17(4,18-5)13(20)10-14(21)19-12-7-9-25-15(12)22/h12H,5-11H2,1-4H3,(H,19,21). The summed E-state index contributed by atoms with van der Waals surface area (Å²) in [6.07, 6.45) is 0.114. The molecule has 0 aromatic rings. The second-order valence-electron chi connectivity index (χ2n) is 7.32. The van der Waals surface area contributed by atoms with Crippen LogP contribution < -0.4 is 5.32 Å². The smallest absolute Gasteiger partial charge is 0.328 e. The number of ether oxygens (including phenoxy) is 1. The molecule has 154 valence electrons. The largest absolute Gasteiger partial charge is 0.464 e. The molecule has 1 N–H and O–H groups in total. The van der Waals surface area contributed by atoms with E-state index in [0.717, 1.165) is 0 Å². The van der Waals surface area contributed by atoms with Crippen LogP contribution in [0.2, 0.25) is 0 Å². The summed E-state index contributed by atoms with van der Waals surface area (Å²) in [5, 5.41) is 2.44. The fourth-order valence-electron chi connectivity index (χ4n) is 2.72. The van der Waals surface area contributed by atoms with Crippen LogP contribution in [0.5, 0.6) is 0 Å². The molecule has 1 saturated heterocycles. The van der Waals surface area contributed by atoms with E-state index < -0.39 is 50.5 Å². The van der Waals surface area contributed by atoms with Crippen LogP contribution in [0.1, 0.15) is 53.4 Å². The van der Waals surface area contributed by atoms with Crippen molar-refractivity contribution in [2.24, 2.45) is 4.99 Å². The van der Waals surface area contributed by atoms with Crippen molar-refractivity contribution in [2.75, 3.05) is 13.2 Å². The molecular weight excluding hydrogens is 376 g/mol. The molecule has 1 aliphatic rings. The van der Waals surface area contributed by atoms with E-state index in [2.05, 4.69) is 17.0 Å². The number of cyclic esters (lactones) is 1. The van der Waals surface area contributed by atoms with Gasteiger partial charge in [-0.1, -0.05) is 6.92 Å². The van der Waals surface area contributed by atoms with E-state index in [1.54, 1.807) is 6.92 Å². The SMILES string of the molecule is C=NC(C)(CC(C)(C)S(=O)(=O)OCCC)C(=O)CC(=O)NC1CCOC1=O. The number of hydrogen-bond acceptors (Lipinski definition) is 8. The lowest BCUT2D eigenvalue weighted by atomic mass is 9.85.